The zero-order chi connectivity index (χ0) is 15.5. The molecule has 2 N–H and O–H groups in total. The van der Waals surface area contributed by atoms with Crippen molar-refractivity contribution in [2.45, 2.75) is 33.7 Å². The van der Waals surface area contributed by atoms with Gasteiger partial charge in [-0.3, -0.25) is 14.9 Å². The van der Waals surface area contributed by atoms with Crippen LogP contribution in [0, 0.1) is 15.5 Å². The highest BCUT2D eigenvalue weighted by atomic mass is 16.6. The molecule has 0 spiro atoms. The predicted octanol–water partition coefficient (Wildman–Crippen LogP) is 2.80. The molecule has 1 aromatic rings. The van der Waals surface area contributed by atoms with Crippen molar-refractivity contribution in [1.82, 2.24) is 5.32 Å². The largest absolute Gasteiger partial charge is 0.382 e. The first kappa shape index (κ1) is 15.9. The second kappa shape index (κ2) is 5.90. The van der Waals surface area contributed by atoms with E-state index in [1.54, 1.807) is 13.1 Å². The number of hydrogen-bond acceptors (Lipinski definition) is 4. The van der Waals surface area contributed by atoms with Gasteiger partial charge in [-0.15, -0.1) is 0 Å². The zero-order valence-corrected chi connectivity index (χ0v) is 12.5. The quantitative estimate of drug-likeness (QED) is 0.655. The van der Waals surface area contributed by atoms with Crippen LogP contribution >= 0.6 is 0 Å². The Labute approximate surface area is 118 Å². The Bertz CT molecular complexity index is 521. The molecule has 0 saturated heterocycles. The minimum absolute atomic E-state index is 0.0565. The van der Waals surface area contributed by atoms with Crippen molar-refractivity contribution in [2.24, 2.45) is 5.41 Å². The third-order valence-corrected chi connectivity index (χ3v) is 3.38. The maximum atomic E-state index is 12.3. The van der Waals surface area contributed by atoms with Crippen molar-refractivity contribution in [3.8, 4) is 0 Å². The minimum Gasteiger partial charge on any atom is -0.382 e. The van der Waals surface area contributed by atoms with Crippen LogP contribution < -0.4 is 10.6 Å². The molecule has 6 nitrogen and oxygen atoms in total. The van der Waals surface area contributed by atoms with Crippen LogP contribution in [-0.4, -0.2) is 23.9 Å². The lowest BCUT2D eigenvalue weighted by Crippen LogP contribution is -2.41. The summed E-state index contributed by atoms with van der Waals surface area (Å²) in [5, 5.41) is 16.6. The molecular weight excluding hydrogens is 258 g/mol. The number of nitro benzene ring substituents is 1. The molecule has 1 unspecified atom stereocenters. The Morgan fingerprint density at radius 1 is 1.35 bits per heavy atom. The van der Waals surface area contributed by atoms with Gasteiger partial charge in [-0.2, -0.15) is 0 Å². The molecule has 1 aromatic carbocycles. The molecule has 0 radical (unpaired) electrons. The van der Waals surface area contributed by atoms with E-state index in [1.807, 2.05) is 27.7 Å². The summed E-state index contributed by atoms with van der Waals surface area (Å²) in [4.78, 5) is 22.7. The second-order valence-corrected chi connectivity index (χ2v) is 5.77. The topological polar surface area (TPSA) is 84.3 Å². The van der Waals surface area contributed by atoms with Gasteiger partial charge in [0.1, 0.15) is 5.69 Å². The summed E-state index contributed by atoms with van der Waals surface area (Å²) in [6, 6.07) is 4.40. The lowest BCUT2D eigenvalue weighted by molar-refractivity contribution is -0.384. The van der Waals surface area contributed by atoms with E-state index >= 15 is 0 Å². The first-order chi connectivity index (χ1) is 9.18. The molecule has 1 atom stereocenters. The van der Waals surface area contributed by atoms with Gasteiger partial charge in [0, 0.05) is 19.2 Å². The van der Waals surface area contributed by atoms with Gasteiger partial charge in [0.2, 0.25) is 0 Å². The van der Waals surface area contributed by atoms with Gasteiger partial charge in [0.05, 0.1) is 10.5 Å². The zero-order valence-electron chi connectivity index (χ0n) is 12.5. The van der Waals surface area contributed by atoms with Crippen LogP contribution in [-0.2, 0) is 0 Å². The fourth-order valence-electron chi connectivity index (χ4n) is 1.64. The maximum Gasteiger partial charge on any atom is 0.293 e. The molecule has 0 aliphatic carbocycles. The Morgan fingerprint density at radius 3 is 2.40 bits per heavy atom. The fourth-order valence-corrected chi connectivity index (χ4v) is 1.64. The van der Waals surface area contributed by atoms with Crippen LogP contribution in [0.4, 0.5) is 11.4 Å². The van der Waals surface area contributed by atoms with Crippen LogP contribution in [0.15, 0.2) is 18.2 Å². The van der Waals surface area contributed by atoms with Crippen molar-refractivity contribution in [3.05, 3.63) is 33.9 Å². The Morgan fingerprint density at radius 2 is 1.95 bits per heavy atom. The van der Waals surface area contributed by atoms with Gasteiger partial charge in [0.25, 0.3) is 11.6 Å². The highest BCUT2D eigenvalue weighted by Gasteiger charge is 2.25. The van der Waals surface area contributed by atoms with Crippen LogP contribution in [0.5, 0.6) is 0 Å². The highest BCUT2D eigenvalue weighted by Crippen LogP contribution is 2.28. The molecule has 20 heavy (non-hydrogen) atoms. The molecule has 0 aliphatic heterocycles. The molecule has 1 amide bonds. The number of carbonyl (C=O) groups is 1. The predicted molar refractivity (Wildman–Crippen MR) is 79.0 cm³/mol. The van der Waals surface area contributed by atoms with E-state index in [9.17, 15) is 14.9 Å². The fraction of sp³-hybridized carbons (Fsp3) is 0.500. The maximum absolute atomic E-state index is 12.3. The summed E-state index contributed by atoms with van der Waals surface area (Å²) < 4.78 is 0. The molecule has 0 saturated carbocycles. The molecule has 0 fully saturated rings. The summed E-state index contributed by atoms with van der Waals surface area (Å²) >= 11 is 0. The van der Waals surface area contributed by atoms with Crippen molar-refractivity contribution in [3.63, 3.8) is 0 Å². The van der Waals surface area contributed by atoms with E-state index in [-0.39, 0.29) is 34.3 Å². The summed E-state index contributed by atoms with van der Waals surface area (Å²) in [5.41, 5.74) is 0.313. The number of benzene rings is 1. The van der Waals surface area contributed by atoms with Crippen LogP contribution in [0.25, 0.3) is 0 Å². The van der Waals surface area contributed by atoms with Crippen molar-refractivity contribution >= 4 is 17.3 Å². The first-order valence-electron chi connectivity index (χ1n) is 6.44. The molecule has 1 rings (SSSR count). The minimum atomic E-state index is -0.504. The van der Waals surface area contributed by atoms with Gasteiger partial charge in [-0.1, -0.05) is 26.8 Å². The summed E-state index contributed by atoms with van der Waals surface area (Å²) in [7, 11) is 1.56. The monoisotopic (exact) mass is 279 g/mol. The van der Waals surface area contributed by atoms with E-state index in [0.717, 1.165) is 0 Å². The third-order valence-electron chi connectivity index (χ3n) is 3.38. The van der Waals surface area contributed by atoms with Crippen molar-refractivity contribution in [1.29, 1.82) is 0 Å². The summed E-state index contributed by atoms with van der Waals surface area (Å²) in [6.07, 6.45) is 0. The second-order valence-electron chi connectivity index (χ2n) is 5.77. The average molecular weight is 279 g/mol. The number of rotatable bonds is 4. The summed E-state index contributed by atoms with van der Waals surface area (Å²) in [6.45, 7) is 7.97. The number of anilines is 1. The first-order valence-corrected chi connectivity index (χ1v) is 6.44. The molecule has 0 aromatic heterocycles. The normalized spacial score (nSPS) is 12.7. The van der Waals surface area contributed by atoms with Crippen LogP contribution in [0.1, 0.15) is 38.1 Å². The Kier molecular flexibility index (Phi) is 4.70. The van der Waals surface area contributed by atoms with Gasteiger partial charge in [-0.25, -0.2) is 0 Å². The van der Waals surface area contributed by atoms with Gasteiger partial charge >= 0.3 is 0 Å². The highest BCUT2D eigenvalue weighted by molar-refractivity contribution is 6.01. The number of nitro groups is 1. The number of amides is 1. The molecule has 0 bridgehead atoms. The van der Waals surface area contributed by atoms with Crippen LogP contribution in [0.3, 0.4) is 0 Å². The van der Waals surface area contributed by atoms with E-state index in [2.05, 4.69) is 10.6 Å². The molecule has 0 heterocycles. The lowest BCUT2D eigenvalue weighted by Gasteiger charge is -2.28. The van der Waals surface area contributed by atoms with E-state index < -0.39 is 4.92 Å². The van der Waals surface area contributed by atoms with Gasteiger partial charge in [0.15, 0.2) is 0 Å². The van der Waals surface area contributed by atoms with Gasteiger partial charge < -0.3 is 10.6 Å². The Balaban J connectivity index is 3.11. The number of nitrogens with zero attached hydrogens (tertiary/aromatic N) is 1. The number of carbonyl (C=O) groups excluding carboxylic acids is 1. The molecule has 0 aliphatic rings. The van der Waals surface area contributed by atoms with E-state index in [1.165, 1.54) is 12.1 Å². The van der Waals surface area contributed by atoms with Crippen LogP contribution in [0.2, 0.25) is 0 Å². The molecule has 110 valence electrons. The van der Waals surface area contributed by atoms with Gasteiger partial charge in [-0.05, 0) is 18.4 Å². The van der Waals surface area contributed by atoms with Crippen molar-refractivity contribution in [2.75, 3.05) is 12.4 Å². The lowest BCUT2D eigenvalue weighted by atomic mass is 9.88. The standard InChI is InChI=1S/C14H21N3O3/c1-9(14(2,3)4)16-13(18)10-7-6-8-11(17(19)20)12(10)15-5/h6-9,15H,1-5H3,(H,16,18). The molecular formula is C14H21N3O3. The summed E-state index contributed by atoms with van der Waals surface area (Å²) in [5.74, 6) is -0.319. The smallest absolute Gasteiger partial charge is 0.293 e. The number of hydrogen-bond donors (Lipinski definition) is 2. The average Bonchev–Trinajstić information content (AvgIpc) is 2.36. The molecule has 6 heteroatoms. The van der Waals surface area contributed by atoms with E-state index in [4.69, 9.17) is 0 Å². The SMILES string of the molecule is CNc1c(C(=O)NC(C)C(C)(C)C)cccc1[N+](=O)[O-]. The number of para-hydroxylation sites is 1. The van der Waals surface area contributed by atoms with Crippen molar-refractivity contribution < 1.29 is 9.72 Å². The number of nitrogens with one attached hydrogen (secondary N) is 2. The van der Waals surface area contributed by atoms with E-state index in [0.29, 0.717) is 0 Å². The Hall–Kier alpha value is -2.11. The third kappa shape index (κ3) is 3.46.